The van der Waals surface area contributed by atoms with Crippen molar-refractivity contribution in [3.05, 3.63) is 95.3 Å². The predicted molar refractivity (Wildman–Crippen MR) is 130 cm³/mol. The first kappa shape index (κ1) is 20.9. The molecule has 0 spiro atoms. The number of aryl methyl sites for hydroxylation is 1. The first-order valence-corrected chi connectivity index (χ1v) is 11.2. The van der Waals surface area contributed by atoms with Crippen molar-refractivity contribution < 1.29 is 9.59 Å². The lowest BCUT2D eigenvalue weighted by atomic mass is 10.0. The number of hydrogen-bond acceptors (Lipinski definition) is 5. The van der Waals surface area contributed by atoms with Crippen LogP contribution in [0.3, 0.4) is 0 Å². The van der Waals surface area contributed by atoms with Gasteiger partial charge in [0.05, 0.1) is 11.3 Å². The van der Waals surface area contributed by atoms with E-state index in [9.17, 15) is 9.59 Å². The topological polar surface area (TPSA) is 56.8 Å². The van der Waals surface area contributed by atoms with Crippen LogP contribution in [0.25, 0.3) is 5.57 Å². The largest absolute Gasteiger partial charge is 0.363 e. The second-order valence-electron chi connectivity index (χ2n) is 8.42. The second-order valence-corrected chi connectivity index (χ2v) is 8.42. The lowest BCUT2D eigenvalue weighted by Crippen LogP contribution is -2.48. The van der Waals surface area contributed by atoms with Gasteiger partial charge in [-0.2, -0.15) is 0 Å². The third-order valence-electron chi connectivity index (χ3n) is 6.51. The standard InChI is InChI=1S/C27H26N4O2/c1-19-9-8-12-22(20(19)2)31-26(32)24(21-10-4-3-5-11-21)25(27(31)33)30-17-15-29(16-18-30)23-13-6-7-14-28-23/h3-14H,15-18H2,1-2H3. The van der Waals surface area contributed by atoms with E-state index < -0.39 is 0 Å². The summed E-state index contributed by atoms with van der Waals surface area (Å²) in [6.45, 7) is 6.69. The summed E-state index contributed by atoms with van der Waals surface area (Å²) in [6.07, 6.45) is 1.79. The van der Waals surface area contributed by atoms with Gasteiger partial charge in [-0.15, -0.1) is 0 Å². The average Bonchev–Trinajstić information content (AvgIpc) is 3.12. The van der Waals surface area contributed by atoms with Crippen LogP contribution in [0.4, 0.5) is 11.5 Å². The number of piperazine rings is 1. The van der Waals surface area contributed by atoms with Gasteiger partial charge < -0.3 is 9.80 Å². The molecule has 0 saturated carbocycles. The minimum atomic E-state index is -0.262. The van der Waals surface area contributed by atoms with Gasteiger partial charge in [0.2, 0.25) is 0 Å². The molecule has 6 heteroatoms. The van der Waals surface area contributed by atoms with Gasteiger partial charge in [0.1, 0.15) is 11.5 Å². The van der Waals surface area contributed by atoms with E-state index in [1.54, 1.807) is 6.20 Å². The number of amides is 2. The fraction of sp³-hybridized carbons (Fsp3) is 0.222. The zero-order valence-electron chi connectivity index (χ0n) is 18.9. The van der Waals surface area contributed by atoms with Gasteiger partial charge in [-0.1, -0.05) is 48.5 Å². The summed E-state index contributed by atoms with van der Waals surface area (Å²) < 4.78 is 0. The minimum absolute atomic E-state index is 0.251. The van der Waals surface area contributed by atoms with Gasteiger partial charge in [0.15, 0.2) is 0 Å². The average molecular weight is 439 g/mol. The molecule has 2 aromatic carbocycles. The van der Waals surface area contributed by atoms with E-state index in [2.05, 4.69) is 14.8 Å². The number of carbonyl (C=O) groups is 2. The third-order valence-corrected chi connectivity index (χ3v) is 6.51. The van der Waals surface area contributed by atoms with Gasteiger partial charge in [-0.3, -0.25) is 9.59 Å². The Bertz CT molecular complexity index is 1230. The predicted octanol–water partition coefficient (Wildman–Crippen LogP) is 3.81. The number of pyridine rings is 1. The second kappa shape index (κ2) is 8.54. The normalized spacial score (nSPS) is 16.7. The Hall–Kier alpha value is -3.93. The molecule has 3 heterocycles. The first-order chi connectivity index (χ1) is 16.1. The summed E-state index contributed by atoms with van der Waals surface area (Å²) >= 11 is 0. The molecule has 0 atom stereocenters. The van der Waals surface area contributed by atoms with Crippen LogP contribution in [0.1, 0.15) is 16.7 Å². The first-order valence-electron chi connectivity index (χ1n) is 11.2. The van der Waals surface area contributed by atoms with Crippen molar-refractivity contribution in [2.45, 2.75) is 13.8 Å². The molecule has 0 unspecified atom stereocenters. The third kappa shape index (κ3) is 3.67. The maximum atomic E-state index is 13.8. The molecule has 166 valence electrons. The Labute approximate surface area is 193 Å². The van der Waals surface area contributed by atoms with Crippen LogP contribution in [0.15, 0.2) is 78.6 Å². The van der Waals surface area contributed by atoms with E-state index in [-0.39, 0.29) is 11.8 Å². The molecule has 0 N–H and O–H groups in total. The molecule has 2 amide bonds. The molecule has 0 aliphatic carbocycles. The summed E-state index contributed by atoms with van der Waals surface area (Å²) in [5.41, 5.74) is 4.38. The molecule has 1 aromatic heterocycles. The molecular formula is C27H26N4O2. The number of anilines is 2. The van der Waals surface area contributed by atoms with E-state index in [1.165, 1.54) is 4.90 Å². The van der Waals surface area contributed by atoms with E-state index in [0.717, 1.165) is 35.6 Å². The van der Waals surface area contributed by atoms with Crippen molar-refractivity contribution in [1.82, 2.24) is 9.88 Å². The van der Waals surface area contributed by atoms with Crippen molar-refractivity contribution in [1.29, 1.82) is 0 Å². The SMILES string of the molecule is Cc1cccc(N2C(=O)C(c3ccccc3)=C(N3CCN(c4ccccn4)CC3)C2=O)c1C. The highest BCUT2D eigenvalue weighted by molar-refractivity contribution is 6.45. The van der Waals surface area contributed by atoms with E-state index in [1.807, 2.05) is 80.6 Å². The van der Waals surface area contributed by atoms with E-state index >= 15 is 0 Å². The minimum Gasteiger partial charge on any atom is -0.363 e. The van der Waals surface area contributed by atoms with Gasteiger partial charge in [-0.25, -0.2) is 9.88 Å². The number of rotatable bonds is 4. The highest BCUT2D eigenvalue weighted by atomic mass is 16.2. The molecule has 3 aromatic rings. The fourth-order valence-electron chi connectivity index (χ4n) is 4.57. The molecular weight excluding hydrogens is 412 g/mol. The van der Waals surface area contributed by atoms with Crippen molar-refractivity contribution in [3.63, 3.8) is 0 Å². The number of nitrogens with zero attached hydrogens (tertiary/aromatic N) is 4. The van der Waals surface area contributed by atoms with E-state index in [0.29, 0.717) is 30.0 Å². The Morgan fingerprint density at radius 1 is 0.727 bits per heavy atom. The van der Waals surface area contributed by atoms with Crippen LogP contribution in [0.2, 0.25) is 0 Å². The fourth-order valence-corrected chi connectivity index (χ4v) is 4.57. The Morgan fingerprint density at radius 3 is 2.12 bits per heavy atom. The molecule has 2 aliphatic rings. The summed E-state index contributed by atoms with van der Waals surface area (Å²) in [4.78, 5) is 37.6. The van der Waals surface area contributed by atoms with Crippen LogP contribution in [0, 0.1) is 13.8 Å². The Morgan fingerprint density at radius 2 is 1.42 bits per heavy atom. The van der Waals surface area contributed by atoms with Crippen molar-refractivity contribution in [2.75, 3.05) is 36.0 Å². The van der Waals surface area contributed by atoms with Crippen LogP contribution in [0.5, 0.6) is 0 Å². The molecule has 5 rings (SSSR count). The zero-order valence-corrected chi connectivity index (χ0v) is 18.9. The van der Waals surface area contributed by atoms with Crippen LogP contribution < -0.4 is 9.80 Å². The zero-order chi connectivity index (χ0) is 22.9. The lowest BCUT2D eigenvalue weighted by molar-refractivity contribution is -0.120. The highest BCUT2D eigenvalue weighted by Gasteiger charge is 2.43. The quantitative estimate of drug-likeness (QED) is 0.580. The van der Waals surface area contributed by atoms with Crippen LogP contribution in [-0.2, 0) is 9.59 Å². The van der Waals surface area contributed by atoms with Crippen molar-refractivity contribution >= 4 is 28.9 Å². The number of carbonyl (C=O) groups excluding carboxylic acids is 2. The van der Waals surface area contributed by atoms with Gasteiger partial charge in [0.25, 0.3) is 11.8 Å². The Balaban J connectivity index is 1.52. The van der Waals surface area contributed by atoms with Crippen molar-refractivity contribution in [3.8, 4) is 0 Å². The number of hydrogen-bond donors (Lipinski definition) is 0. The summed E-state index contributed by atoms with van der Waals surface area (Å²) in [5.74, 6) is 0.418. The molecule has 0 bridgehead atoms. The van der Waals surface area contributed by atoms with Gasteiger partial charge >= 0.3 is 0 Å². The number of aromatic nitrogens is 1. The molecule has 2 aliphatic heterocycles. The van der Waals surface area contributed by atoms with E-state index in [4.69, 9.17) is 0 Å². The monoisotopic (exact) mass is 438 g/mol. The molecule has 6 nitrogen and oxygen atoms in total. The summed E-state index contributed by atoms with van der Waals surface area (Å²) in [7, 11) is 0. The van der Waals surface area contributed by atoms with Crippen LogP contribution in [-0.4, -0.2) is 47.9 Å². The molecule has 1 saturated heterocycles. The maximum Gasteiger partial charge on any atom is 0.282 e. The van der Waals surface area contributed by atoms with Crippen molar-refractivity contribution in [2.24, 2.45) is 0 Å². The van der Waals surface area contributed by atoms with Crippen LogP contribution >= 0.6 is 0 Å². The molecule has 1 fully saturated rings. The summed E-state index contributed by atoms with van der Waals surface area (Å²) in [6, 6.07) is 21.1. The van der Waals surface area contributed by atoms with Gasteiger partial charge in [-0.05, 0) is 48.7 Å². The highest BCUT2D eigenvalue weighted by Crippen LogP contribution is 2.37. The molecule has 33 heavy (non-hydrogen) atoms. The van der Waals surface area contributed by atoms with Gasteiger partial charge in [0, 0.05) is 32.4 Å². The lowest BCUT2D eigenvalue weighted by Gasteiger charge is -2.37. The smallest absolute Gasteiger partial charge is 0.282 e. The number of benzene rings is 2. The maximum absolute atomic E-state index is 13.8. The molecule has 0 radical (unpaired) electrons. The Kier molecular flexibility index (Phi) is 5.42. The number of imide groups is 1. The summed E-state index contributed by atoms with van der Waals surface area (Å²) in [5, 5.41) is 0.